The summed E-state index contributed by atoms with van der Waals surface area (Å²) in [5, 5.41) is 3.78. The molecule has 0 saturated heterocycles. The number of ether oxygens (including phenoxy) is 2. The van der Waals surface area contributed by atoms with Crippen LogP contribution in [0.25, 0.3) is 16.9 Å². The summed E-state index contributed by atoms with van der Waals surface area (Å²) in [6, 6.07) is 7.63. The van der Waals surface area contributed by atoms with E-state index in [4.69, 9.17) is 21.1 Å². The van der Waals surface area contributed by atoms with Crippen molar-refractivity contribution in [2.75, 3.05) is 6.61 Å². The highest BCUT2D eigenvalue weighted by Crippen LogP contribution is 2.34. The number of esters is 2. The lowest BCUT2D eigenvalue weighted by atomic mass is 10.1. The van der Waals surface area contributed by atoms with Crippen LogP contribution in [0.15, 0.2) is 42.5 Å². The molecule has 3 aromatic rings. The summed E-state index contributed by atoms with van der Waals surface area (Å²) in [6.45, 7) is 3.31. The van der Waals surface area contributed by atoms with Crippen molar-refractivity contribution >= 4 is 23.5 Å². The summed E-state index contributed by atoms with van der Waals surface area (Å²) in [6.07, 6.45) is -1.07. The fraction of sp³-hybridized carbons (Fsp3) is 0.227. The topological polar surface area (TPSA) is 70.4 Å². The third-order valence-electron chi connectivity index (χ3n) is 4.44. The van der Waals surface area contributed by atoms with Gasteiger partial charge in [0.2, 0.25) is 0 Å². The summed E-state index contributed by atoms with van der Waals surface area (Å²) in [5.41, 5.74) is -0.476. The van der Waals surface area contributed by atoms with Crippen molar-refractivity contribution in [3.05, 3.63) is 70.6 Å². The molecule has 0 amide bonds. The highest BCUT2D eigenvalue weighted by Gasteiger charge is 2.30. The van der Waals surface area contributed by atoms with E-state index in [1.165, 1.54) is 12.1 Å². The Balaban J connectivity index is 2.12. The van der Waals surface area contributed by atoms with Gasteiger partial charge in [-0.2, -0.15) is 5.10 Å². The number of rotatable bonds is 7. The molecular weight excluding hydrogens is 449 g/mol. The van der Waals surface area contributed by atoms with Gasteiger partial charge in [-0.05, 0) is 49.7 Å². The monoisotopic (exact) mass is 466 g/mol. The molecule has 0 spiro atoms. The van der Waals surface area contributed by atoms with Gasteiger partial charge in [-0.15, -0.1) is 0 Å². The molecule has 1 unspecified atom stereocenters. The zero-order chi connectivity index (χ0) is 23.4. The van der Waals surface area contributed by atoms with Gasteiger partial charge in [0.25, 0.3) is 0 Å². The largest absolute Gasteiger partial charge is 0.463 e. The predicted octanol–water partition coefficient (Wildman–Crippen LogP) is 5.11. The Hall–Kier alpha value is -3.33. The second kappa shape index (κ2) is 9.86. The molecule has 0 bridgehead atoms. The summed E-state index contributed by atoms with van der Waals surface area (Å²) in [5.74, 6) is -3.93. The zero-order valence-corrected chi connectivity index (χ0v) is 17.8. The molecule has 0 saturated carbocycles. The van der Waals surface area contributed by atoms with Crippen molar-refractivity contribution in [3.63, 3.8) is 0 Å². The van der Waals surface area contributed by atoms with E-state index in [1.54, 1.807) is 13.8 Å². The Bertz CT molecular complexity index is 1150. The zero-order valence-electron chi connectivity index (χ0n) is 17.1. The average Bonchev–Trinajstić information content (AvgIpc) is 3.11. The van der Waals surface area contributed by atoms with Crippen molar-refractivity contribution in [2.45, 2.75) is 26.4 Å². The van der Waals surface area contributed by atoms with E-state index in [1.807, 2.05) is 0 Å². The first-order valence-corrected chi connectivity index (χ1v) is 10.0. The Morgan fingerprint density at radius 1 is 1.06 bits per heavy atom. The third kappa shape index (κ3) is 4.77. The van der Waals surface area contributed by atoms with Crippen LogP contribution in [-0.2, 0) is 14.3 Å². The quantitative estimate of drug-likeness (QED) is 0.453. The molecule has 10 heteroatoms. The molecule has 2 aromatic carbocycles. The Morgan fingerprint density at radius 2 is 1.72 bits per heavy atom. The molecule has 0 N–H and O–H groups in total. The predicted molar refractivity (Wildman–Crippen MR) is 110 cm³/mol. The van der Waals surface area contributed by atoms with Crippen LogP contribution in [0.5, 0.6) is 0 Å². The number of carbonyl (C=O) groups excluding carboxylic acids is 2. The standard InChI is InChI=1S/C22H18ClF3N2O4/c1-3-17(21(29)31-4-2)32-22(30)19-18(23)20(12-5-7-13(24)8-6-12)28(27-19)16-11-14(25)9-10-15(16)26/h5-11,17H,3-4H2,1-2H3. The van der Waals surface area contributed by atoms with E-state index in [0.29, 0.717) is 0 Å². The smallest absolute Gasteiger partial charge is 0.361 e. The van der Waals surface area contributed by atoms with Crippen molar-refractivity contribution < 1.29 is 32.2 Å². The van der Waals surface area contributed by atoms with Crippen molar-refractivity contribution in [3.8, 4) is 16.9 Å². The van der Waals surface area contributed by atoms with Gasteiger partial charge in [-0.3, -0.25) is 0 Å². The minimum Gasteiger partial charge on any atom is -0.463 e. The normalized spacial score (nSPS) is 11.8. The van der Waals surface area contributed by atoms with Gasteiger partial charge in [-0.25, -0.2) is 27.4 Å². The summed E-state index contributed by atoms with van der Waals surface area (Å²) >= 11 is 6.40. The van der Waals surface area contributed by atoms with E-state index in [-0.39, 0.29) is 35.0 Å². The molecule has 0 radical (unpaired) electrons. The summed E-state index contributed by atoms with van der Waals surface area (Å²) < 4.78 is 52.7. The Kier molecular flexibility index (Phi) is 7.19. The second-order valence-corrected chi connectivity index (χ2v) is 6.96. The lowest BCUT2D eigenvalue weighted by Gasteiger charge is -2.13. The molecule has 6 nitrogen and oxygen atoms in total. The second-order valence-electron chi connectivity index (χ2n) is 6.58. The minimum atomic E-state index is -1.20. The van der Waals surface area contributed by atoms with Gasteiger partial charge in [0.05, 0.1) is 12.3 Å². The number of carbonyl (C=O) groups is 2. The Morgan fingerprint density at radius 3 is 2.34 bits per heavy atom. The maximum absolute atomic E-state index is 14.5. The number of aromatic nitrogens is 2. The molecule has 0 aliphatic carbocycles. The van der Waals surface area contributed by atoms with Crippen LogP contribution in [0, 0.1) is 17.5 Å². The summed E-state index contributed by atoms with van der Waals surface area (Å²) in [4.78, 5) is 24.7. The molecule has 32 heavy (non-hydrogen) atoms. The average molecular weight is 467 g/mol. The van der Waals surface area contributed by atoms with Gasteiger partial charge in [0.1, 0.15) is 28.2 Å². The number of halogens is 4. The van der Waals surface area contributed by atoms with Crippen molar-refractivity contribution in [1.29, 1.82) is 0 Å². The van der Waals surface area contributed by atoms with Gasteiger partial charge >= 0.3 is 11.9 Å². The van der Waals surface area contributed by atoms with Gasteiger partial charge in [-0.1, -0.05) is 18.5 Å². The lowest BCUT2D eigenvalue weighted by molar-refractivity contribution is -0.153. The van der Waals surface area contributed by atoms with E-state index in [2.05, 4.69) is 5.10 Å². The first kappa shape index (κ1) is 23.3. The number of nitrogens with zero attached hydrogens (tertiary/aromatic N) is 2. The minimum absolute atomic E-state index is 0.00676. The summed E-state index contributed by atoms with van der Waals surface area (Å²) in [7, 11) is 0. The third-order valence-corrected chi connectivity index (χ3v) is 4.80. The van der Waals surface area contributed by atoms with Crippen LogP contribution in [0.3, 0.4) is 0 Å². The van der Waals surface area contributed by atoms with E-state index in [9.17, 15) is 22.8 Å². The lowest BCUT2D eigenvalue weighted by Crippen LogP contribution is -2.29. The Labute approximate surface area is 186 Å². The highest BCUT2D eigenvalue weighted by molar-refractivity contribution is 6.36. The number of hydrogen-bond acceptors (Lipinski definition) is 5. The molecule has 1 atom stereocenters. The van der Waals surface area contributed by atoms with Gasteiger partial charge in [0, 0.05) is 11.6 Å². The first-order valence-electron chi connectivity index (χ1n) is 9.64. The molecular formula is C22H18ClF3N2O4. The van der Waals surface area contributed by atoms with E-state index < -0.39 is 41.2 Å². The fourth-order valence-corrected chi connectivity index (χ4v) is 3.23. The van der Waals surface area contributed by atoms with E-state index >= 15 is 0 Å². The maximum Gasteiger partial charge on any atom is 0.361 e. The SMILES string of the molecule is CCOC(=O)C(CC)OC(=O)c1nn(-c2cc(F)ccc2F)c(-c2ccc(F)cc2)c1Cl. The maximum atomic E-state index is 14.5. The van der Waals surface area contributed by atoms with Crippen LogP contribution >= 0.6 is 11.6 Å². The molecule has 0 fully saturated rings. The first-order chi connectivity index (χ1) is 15.3. The van der Waals surface area contributed by atoms with Crippen LogP contribution in [-0.4, -0.2) is 34.4 Å². The van der Waals surface area contributed by atoms with Crippen LogP contribution < -0.4 is 0 Å². The number of hydrogen-bond donors (Lipinski definition) is 0. The van der Waals surface area contributed by atoms with E-state index in [0.717, 1.165) is 35.0 Å². The number of benzene rings is 2. The van der Waals surface area contributed by atoms with Gasteiger partial charge < -0.3 is 9.47 Å². The molecule has 168 valence electrons. The molecule has 1 heterocycles. The molecule has 1 aromatic heterocycles. The van der Waals surface area contributed by atoms with Crippen LogP contribution in [0.1, 0.15) is 30.8 Å². The molecule has 0 aliphatic rings. The molecule has 0 aliphatic heterocycles. The van der Waals surface area contributed by atoms with Crippen LogP contribution in [0.2, 0.25) is 5.02 Å². The molecule has 3 rings (SSSR count). The van der Waals surface area contributed by atoms with Crippen molar-refractivity contribution in [1.82, 2.24) is 9.78 Å². The van der Waals surface area contributed by atoms with Crippen LogP contribution in [0.4, 0.5) is 13.2 Å². The van der Waals surface area contributed by atoms with Crippen molar-refractivity contribution in [2.24, 2.45) is 0 Å². The fourth-order valence-electron chi connectivity index (χ4n) is 2.93. The highest BCUT2D eigenvalue weighted by atomic mass is 35.5. The van der Waals surface area contributed by atoms with Gasteiger partial charge in [0.15, 0.2) is 11.8 Å².